The lowest BCUT2D eigenvalue weighted by Crippen LogP contribution is -2.50. The number of hydrogen-bond acceptors (Lipinski definition) is 4. The second-order valence-electron chi connectivity index (χ2n) is 6.11. The van der Waals surface area contributed by atoms with Gasteiger partial charge in [0.05, 0.1) is 6.61 Å². The predicted molar refractivity (Wildman–Crippen MR) is 85.5 cm³/mol. The molecule has 21 heavy (non-hydrogen) atoms. The van der Waals surface area contributed by atoms with E-state index in [-0.39, 0.29) is 5.97 Å². The Morgan fingerprint density at radius 3 is 2.57 bits per heavy atom. The summed E-state index contributed by atoms with van der Waals surface area (Å²) in [5.41, 5.74) is 1.55. The highest BCUT2D eigenvalue weighted by atomic mass is 16.5. The van der Waals surface area contributed by atoms with Gasteiger partial charge in [-0.1, -0.05) is 17.7 Å². The summed E-state index contributed by atoms with van der Waals surface area (Å²) in [6, 6.07) is 8.58. The van der Waals surface area contributed by atoms with Gasteiger partial charge in [0, 0.05) is 24.8 Å². The van der Waals surface area contributed by atoms with Crippen LogP contribution in [-0.4, -0.2) is 42.1 Å². The Labute approximate surface area is 127 Å². The van der Waals surface area contributed by atoms with Crippen molar-refractivity contribution in [1.82, 2.24) is 4.90 Å². The molecule has 1 heterocycles. The Bertz CT molecular complexity index is 484. The Morgan fingerprint density at radius 2 is 2.05 bits per heavy atom. The number of nitrogens with one attached hydrogen (secondary N) is 1. The number of anilines is 1. The number of esters is 1. The van der Waals surface area contributed by atoms with Crippen molar-refractivity contribution in [2.45, 2.75) is 45.7 Å². The van der Waals surface area contributed by atoms with Crippen molar-refractivity contribution in [2.24, 2.45) is 0 Å². The highest BCUT2D eigenvalue weighted by Gasteiger charge is 2.46. The third-order valence-electron chi connectivity index (χ3n) is 4.13. The average molecular weight is 290 g/mol. The summed E-state index contributed by atoms with van der Waals surface area (Å²) in [5.74, 6) is -0.145. The fourth-order valence-corrected chi connectivity index (χ4v) is 2.78. The Kier molecular flexibility index (Phi) is 4.88. The molecule has 2 rings (SSSR count). The first-order valence-corrected chi connectivity index (χ1v) is 7.73. The van der Waals surface area contributed by atoms with Gasteiger partial charge in [0.15, 0.2) is 0 Å². The van der Waals surface area contributed by atoms with E-state index in [1.165, 1.54) is 5.56 Å². The van der Waals surface area contributed by atoms with E-state index in [4.69, 9.17) is 4.74 Å². The number of rotatable bonds is 5. The van der Waals surface area contributed by atoms with E-state index in [9.17, 15) is 4.79 Å². The van der Waals surface area contributed by atoms with Crippen LogP contribution < -0.4 is 5.32 Å². The topological polar surface area (TPSA) is 41.6 Å². The van der Waals surface area contributed by atoms with Crippen LogP contribution in [0.15, 0.2) is 24.3 Å². The molecule has 1 fully saturated rings. The van der Waals surface area contributed by atoms with Crippen molar-refractivity contribution in [3.05, 3.63) is 29.8 Å². The maximum atomic E-state index is 12.5. The van der Waals surface area contributed by atoms with Crippen molar-refractivity contribution in [3.8, 4) is 0 Å². The Hall–Kier alpha value is -1.55. The van der Waals surface area contributed by atoms with E-state index in [1.807, 2.05) is 19.1 Å². The zero-order valence-corrected chi connectivity index (χ0v) is 13.5. The molecule has 0 amide bonds. The van der Waals surface area contributed by atoms with Gasteiger partial charge in [-0.3, -0.25) is 4.90 Å². The first-order chi connectivity index (χ1) is 9.97. The molecule has 0 spiro atoms. The molecule has 1 aromatic rings. The number of nitrogens with zero attached hydrogens (tertiary/aromatic N) is 1. The van der Waals surface area contributed by atoms with E-state index in [2.05, 4.69) is 43.1 Å². The molecule has 1 aromatic carbocycles. The Morgan fingerprint density at radius 1 is 1.38 bits per heavy atom. The molecule has 0 aliphatic carbocycles. The minimum Gasteiger partial charge on any atom is -0.464 e. The van der Waals surface area contributed by atoms with Crippen LogP contribution in [0.4, 0.5) is 5.69 Å². The number of carbonyl (C=O) groups is 1. The summed E-state index contributed by atoms with van der Waals surface area (Å²) in [6.07, 6.45) is 0.776. The van der Waals surface area contributed by atoms with Gasteiger partial charge in [0.25, 0.3) is 0 Å². The minimum atomic E-state index is -0.629. The van der Waals surface area contributed by atoms with Crippen molar-refractivity contribution in [3.63, 3.8) is 0 Å². The summed E-state index contributed by atoms with van der Waals surface area (Å²) in [4.78, 5) is 14.8. The van der Waals surface area contributed by atoms with E-state index in [0.717, 1.165) is 18.7 Å². The highest BCUT2D eigenvalue weighted by molar-refractivity contribution is 5.85. The number of carbonyl (C=O) groups excluding carboxylic acids is 1. The average Bonchev–Trinajstić information content (AvgIpc) is 2.87. The molecule has 0 bridgehead atoms. The molecule has 1 saturated heterocycles. The SMILES string of the molecule is CCOC(=O)C1(Nc2ccc(C)cc2)CCN(C(C)C)C1. The molecule has 1 atom stereocenters. The highest BCUT2D eigenvalue weighted by Crippen LogP contribution is 2.29. The lowest BCUT2D eigenvalue weighted by Gasteiger charge is -2.30. The summed E-state index contributed by atoms with van der Waals surface area (Å²) in [5, 5.41) is 3.43. The third kappa shape index (κ3) is 3.56. The minimum absolute atomic E-state index is 0.145. The smallest absolute Gasteiger partial charge is 0.333 e. The van der Waals surface area contributed by atoms with Crippen molar-refractivity contribution in [2.75, 3.05) is 25.0 Å². The van der Waals surface area contributed by atoms with Crippen LogP contribution in [0.3, 0.4) is 0 Å². The molecule has 4 nitrogen and oxygen atoms in total. The number of likely N-dealkylation sites (tertiary alicyclic amines) is 1. The largest absolute Gasteiger partial charge is 0.464 e. The van der Waals surface area contributed by atoms with Gasteiger partial charge in [-0.15, -0.1) is 0 Å². The van der Waals surface area contributed by atoms with Crippen molar-refractivity contribution < 1.29 is 9.53 Å². The van der Waals surface area contributed by atoms with E-state index >= 15 is 0 Å². The molecule has 1 unspecified atom stereocenters. The van der Waals surface area contributed by atoms with E-state index in [1.54, 1.807) is 0 Å². The molecule has 1 aliphatic rings. The third-order valence-corrected chi connectivity index (χ3v) is 4.13. The van der Waals surface area contributed by atoms with Gasteiger partial charge < -0.3 is 10.1 Å². The van der Waals surface area contributed by atoms with E-state index in [0.29, 0.717) is 19.2 Å². The number of benzene rings is 1. The fourth-order valence-electron chi connectivity index (χ4n) is 2.78. The van der Waals surface area contributed by atoms with Crippen LogP contribution >= 0.6 is 0 Å². The molecule has 0 radical (unpaired) electrons. The summed E-state index contributed by atoms with van der Waals surface area (Å²) >= 11 is 0. The second-order valence-corrected chi connectivity index (χ2v) is 6.11. The fraction of sp³-hybridized carbons (Fsp3) is 0.588. The molecule has 116 valence electrons. The summed E-state index contributed by atoms with van der Waals surface area (Å²) in [7, 11) is 0. The van der Waals surface area contributed by atoms with Gasteiger partial charge in [-0.25, -0.2) is 4.79 Å². The summed E-state index contributed by atoms with van der Waals surface area (Å²) in [6.45, 7) is 10.2. The maximum Gasteiger partial charge on any atom is 0.333 e. The standard InChI is InChI=1S/C17H26N2O2/c1-5-21-16(20)17(10-11-19(12-17)13(2)3)18-15-8-6-14(4)7-9-15/h6-9,13,18H,5,10-12H2,1-4H3. The second kappa shape index (κ2) is 6.48. The molecule has 1 aliphatic heterocycles. The molecule has 1 N–H and O–H groups in total. The van der Waals surface area contributed by atoms with Gasteiger partial charge in [-0.05, 0) is 46.2 Å². The molecular weight excluding hydrogens is 264 g/mol. The predicted octanol–water partition coefficient (Wildman–Crippen LogP) is 2.82. The van der Waals surface area contributed by atoms with Crippen LogP contribution in [0.25, 0.3) is 0 Å². The molecular formula is C17H26N2O2. The molecule has 0 aromatic heterocycles. The molecule has 0 saturated carbocycles. The lowest BCUT2D eigenvalue weighted by atomic mass is 9.98. The van der Waals surface area contributed by atoms with Crippen molar-refractivity contribution in [1.29, 1.82) is 0 Å². The van der Waals surface area contributed by atoms with Gasteiger partial charge >= 0.3 is 5.97 Å². The molecule has 4 heteroatoms. The van der Waals surface area contributed by atoms with Gasteiger partial charge in [-0.2, -0.15) is 0 Å². The van der Waals surface area contributed by atoms with Gasteiger partial charge in [0.1, 0.15) is 5.54 Å². The maximum absolute atomic E-state index is 12.5. The van der Waals surface area contributed by atoms with Gasteiger partial charge in [0.2, 0.25) is 0 Å². The quantitative estimate of drug-likeness (QED) is 0.847. The van der Waals surface area contributed by atoms with Crippen molar-refractivity contribution >= 4 is 11.7 Å². The van der Waals surface area contributed by atoms with Crippen LogP contribution in [0, 0.1) is 6.92 Å². The monoisotopic (exact) mass is 290 g/mol. The van der Waals surface area contributed by atoms with E-state index < -0.39 is 5.54 Å². The number of aryl methyl sites for hydroxylation is 1. The lowest BCUT2D eigenvalue weighted by molar-refractivity contribution is -0.148. The van der Waals surface area contributed by atoms with Crippen LogP contribution in [0.5, 0.6) is 0 Å². The zero-order valence-electron chi connectivity index (χ0n) is 13.5. The number of hydrogen-bond donors (Lipinski definition) is 1. The zero-order chi connectivity index (χ0) is 15.5. The first kappa shape index (κ1) is 15.8. The Balaban J connectivity index is 2.20. The first-order valence-electron chi connectivity index (χ1n) is 7.73. The van der Waals surface area contributed by atoms with Crippen LogP contribution in [0.2, 0.25) is 0 Å². The van der Waals surface area contributed by atoms with Crippen LogP contribution in [0.1, 0.15) is 32.8 Å². The summed E-state index contributed by atoms with van der Waals surface area (Å²) < 4.78 is 5.33. The normalized spacial score (nSPS) is 22.5. The van der Waals surface area contributed by atoms with Crippen LogP contribution in [-0.2, 0) is 9.53 Å². The number of ether oxygens (including phenoxy) is 1.